The third kappa shape index (κ3) is 2.28. The van der Waals surface area contributed by atoms with Crippen molar-refractivity contribution < 1.29 is 5.11 Å². The molecule has 0 fully saturated rings. The lowest BCUT2D eigenvalue weighted by Gasteiger charge is -2.41. The summed E-state index contributed by atoms with van der Waals surface area (Å²) >= 11 is 0. The molecule has 0 radical (unpaired) electrons. The van der Waals surface area contributed by atoms with Gasteiger partial charge in [0, 0.05) is 11.5 Å². The van der Waals surface area contributed by atoms with E-state index in [0.717, 1.165) is 12.8 Å². The molecule has 1 aromatic rings. The van der Waals surface area contributed by atoms with Crippen molar-refractivity contribution in [3.63, 3.8) is 0 Å². The first-order valence-corrected chi connectivity index (χ1v) is 6.17. The fraction of sp³-hybridized carbons (Fsp3) is 0.467. The second kappa shape index (κ2) is 4.63. The summed E-state index contributed by atoms with van der Waals surface area (Å²) in [6.45, 7) is 4.33. The van der Waals surface area contributed by atoms with Gasteiger partial charge >= 0.3 is 0 Å². The molecule has 0 saturated heterocycles. The molecule has 0 aliphatic heterocycles. The van der Waals surface area contributed by atoms with E-state index >= 15 is 0 Å². The number of benzene rings is 1. The number of allylic oxidation sites excluding steroid dienone is 1. The molecule has 92 valence electrons. The Morgan fingerprint density at radius 3 is 2.47 bits per heavy atom. The van der Waals surface area contributed by atoms with Gasteiger partial charge in [-0.25, -0.2) is 0 Å². The van der Waals surface area contributed by atoms with Crippen LogP contribution in [0.15, 0.2) is 41.5 Å². The van der Waals surface area contributed by atoms with E-state index in [1.54, 1.807) is 0 Å². The summed E-state index contributed by atoms with van der Waals surface area (Å²) in [5, 5.41) is 9.64. The van der Waals surface area contributed by atoms with Gasteiger partial charge in [0.15, 0.2) is 0 Å². The topological polar surface area (TPSA) is 46.2 Å². The van der Waals surface area contributed by atoms with Crippen molar-refractivity contribution in [3.05, 3.63) is 47.0 Å². The molecule has 1 unspecified atom stereocenters. The molecular formula is C15H21NO. The van der Waals surface area contributed by atoms with Gasteiger partial charge in [-0.1, -0.05) is 41.5 Å². The van der Waals surface area contributed by atoms with Gasteiger partial charge in [0.1, 0.15) is 0 Å². The van der Waals surface area contributed by atoms with E-state index in [1.165, 1.54) is 16.7 Å². The number of aliphatic hydroxyl groups excluding tert-OH is 1. The molecule has 0 bridgehead atoms. The largest absolute Gasteiger partial charge is 0.394 e. The molecule has 2 nitrogen and oxygen atoms in total. The summed E-state index contributed by atoms with van der Waals surface area (Å²) in [6.07, 6.45) is 1.74. The first-order valence-electron chi connectivity index (χ1n) is 6.17. The van der Waals surface area contributed by atoms with Gasteiger partial charge in [-0.05, 0) is 32.3 Å². The van der Waals surface area contributed by atoms with Crippen LogP contribution in [0.3, 0.4) is 0 Å². The monoisotopic (exact) mass is 231 g/mol. The Hall–Kier alpha value is -1.12. The maximum Gasteiger partial charge on any atom is 0.0620 e. The van der Waals surface area contributed by atoms with Crippen LogP contribution < -0.4 is 5.73 Å². The summed E-state index contributed by atoms with van der Waals surface area (Å²) in [7, 11) is 0. The Morgan fingerprint density at radius 2 is 1.88 bits per heavy atom. The molecule has 3 N–H and O–H groups in total. The van der Waals surface area contributed by atoms with Gasteiger partial charge in [0.05, 0.1) is 6.61 Å². The van der Waals surface area contributed by atoms with Crippen molar-refractivity contribution >= 4 is 0 Å². The van der Waals surface area contributed by atoms with Crippen molar-refractivity contribution in [3.8, 4) is 0 Å². The summed E-state index contributed by atoms with van der Waals surface area (Å²) in [5.41, 5.74) is 9.86. The first kappa shape index (κ1) is 12.3. The summed E-state index contributed by atoms with van der Waals surface area (Å²) in [4.78, 5) is 0. The van der Waals surface area contributed by atoms with Crippen molar-refractivity contribution in [2.45, 2.75) is 38.1 Å². The third-order valence-electron chi connectivity index (χ3n) is 4.02. The maximum absolute atomic E-state index is 9.64. The molecule has 0 aromatic heterocycles. The number of hydrogen-bond donors (Lipinski definition) is 2. The smallest absolute Gasteiger partial charge is 0.0620 e. The Bertz CT molecular complexity index is 424. The van der Waals surface area contributed by atoms with E-state index in [1.807, 2.05) is 18.2 Å². The normalized spacial score (nSPS) is 29.5. The summed E-state index contributed by atoms with van der Waals surface area (Å²) in [6, 6.07) is 10.3. The van der Waals surface area contributed by atoms with Crippen LogP contribution in [0.25, 0.3) is 0 Å². The van der Waals surface area contributed by atoms with Crippen molar-refractivity contribution in [2.75, 3.05) is 6.61 Å². The minimum atomic E-state index is -0.509. The minimum absolute atomic E-state index is 0.0389. The van der Waals surface area contributed by atoms with E-state index in [4.69, 9.17) is 5.73 Å². The quantitative estimate of drug-likeness (QED) is 0.768. The Balaban J connectivity index is 2.39. The molecule has 0 spiro atoms. The predicted molar refractivity (Wildman–Crippen MR) is 70.8 cm³/mol. The molecule has 0 saturated carbocycles. The summed E-state index contributed by atoms with van der Waals surface area (Å²) < 4.78 is 0. The molecule has 1 aliphatic carbocycles. The maximum atomic E-state index is 9.64. The molecule has 1 aliphatic rings. The Morgan fingerprint density at radius 1 is 1.24 bits per heavy atom. The highest BCUT2D eigenvalue weighted by molar-refractivity contribution is 5.32. The van der Waals surface area contributed by atoms with Crippen LogP contribution in [0.5, 0.6) is 0 Å². The highest BCUT2D eigenvalue weighted by Gasteiger charge is 2.38. The van der Waals surface area contributed by atoms with Gasteiger partial charge < -0.3 is 10.8 Å². The third-order valence-corrected chi connectivity index (χ3v) is 4.02. The average molecular weight is 231 g/mol. The van der Waals surface area contributed by atoms with E-state index in [9.17, 15) is 5.11 Å². The van der Waals surface area contributed by atoms with E-state index in [-0.39, 0.29) is 12.5 Å². The Labute approximate surface area is 103 Å². The first-order chi connectivity index (χ1) is 8.07. The van der Waals surface area contributed by atoms with Gasteiger partial charge in [0.2, 0.25) is 0 Å². The van der Waals surface area contributed by atoms with E-state index in [2.05, 4.69) is 26.0 Å². The van der Waals surface area contributed by atoms with Crippen molar-refractivity contribution in [1.82, 2.24) is 0 Å². The molecule has 1 aromatic carbocycles. The molecule has 17 heavy (non-hydrogen) atoms. The van der Waals surface area contributed by atoms with Crippen LogP contribution >= 0.6 is 0 Å². The van der Waals surface area contributed by atoms with Crippen LogP contribution in [0, 0.1) is 0 Å². The fourth-order valence-corrected chi connectivity index (χ4v) is 2.75. The average Bonchev–Trinajstić information content (AvgIpc) is 2.35. The highest BCUT2D eigenvalue weighted by Crippen LogP contribution is 2.41. The van der Waals surface area contributed by atoms with Gasteiger partial charge in [-0.3, -0.25) is 0 Å². The number of nitrogens with two attached hydrogens (primary N) is 1. The number of aliphatic hydroxyl groups is 1. The number of rotatable bonds is 2. The highest BCUT2D eigenvalue weighted by atomic mass is 16.3. The van der Waals surface area contributed by atoms with Crippen molar-refractivity contribution in [1.29, 1.82) is 0 Å². The summed E-state index contributed by atoms with van der Waals surface area (Å²) in [5.74, 6) is 0.220. The van der Waals surface area contributed by atoms with Gasteiger partial charge in [0.25, 0.3) is 0 Å². The fourth-order valence-electron chi connectivity index (χ4n) is 2.75. The van der Waals surface area contributed by atoms with Crippen LogP contribution in [0.4, 0.5) is 0 Å². The minimum Gasteiger partial charge on any atom is -0.394 e. The van der Waals surface area contributed by atoms with E-state index in [0.29, 0.717) is 0 Å². The SMILES string of the molecule is CC1=C(C)C[C@@](N)(CO)C(c2ccccc2)C1. The van der Waals surface area contributed by atoms with Crippen LogP contribution in [0.1, 0.15) is 38.2 Å². The van der Waals surface area contributed by atoms with Gasteiger partial charge in [-0.2, -0.15) is 0 Å². The number of hydrogen-bond acceptors (Lipinski definition) is 2. The molecule has 2 heteroatoms. The zero-order valence-electron chi connectivity index (χ0n) is 10.6. The standard InChI is InChI=1S/C15H21NO/c1-11-8-14(13-6-4-3-5-7-13)15(16,10-17)9-12(11)2/h3-7,14,17H,8-10,16H2,1-2H3/t14?,15-/m1/s1. The van der Waals surface area contributed by atoms with Crippen LogP contribution in [-0.4, -0.2) is 17.3 Å². The Kier molecular flexibility index (Phi) is 3.36. The second-order valence-electron chi connectivity index (χ2n) is 5.30. The van der Waals surface area contributed by atoms with Crippen LogP contribution in [0.2, 0.25) is 0 Å². The molecule has 0 heterocycles. The molecule has 2 atom stereocenters. The van der Waals surface area contributed by atoms with Crippen molar-refractivity contribution in [2.24, 2.45) is 5.73 Å². The van der Waals surface area contributed by atoms with Gasteiger partial charge in [-0.15, -0.1) is 0 Å². The van der Waals surface area contributed by atoms with Crippen LogP contribution in [-0.2, 0) is 0 Å². The second-order valence-corrected chi connectivity index (χ2v) is 5.30. The van der Waals surface area contributed by atoms with E-state index < -0.39 is 5.54 Å². The zero-order chi connectivity index (χ0) is 12.5. The zero-order valence-corrected chi connectivity index (χ0v) is 10.6. The lowest BCUT2D eigenvalue weighted by molar-refractivity contribution is 0.162. The lowest BCUT2D eigenvalue weighted by atomic mass is 9.69. The molecule has 2 rings (SSSR count). The predicted octanol–water partition coefficient (Wildman–Crippen LogP) is 2.59. The molecule has 0 amide bonds. The lowest BCUT2D eigenvalue weighted by Crippen LogP contribution is -2.51. The molecular weight excluding hydrogens is 210 g/mol.